The van der Waals surface area contributed by atoms with Crippen molar-refractivity contribution >= 4 is 39.0 Å². The van der Waals surface area contributed by atoms with Crippen molar-refractivity contribution in [2.45, 2.75) is 16.2 Å². The maximum Gasteiger partial charge on any atom is 0.155 e. The number of hydrogen-bond donors (Lipinski definition) is 1. The molecule has 0 amide bonds. The van der Waals surface area contributed by atoms with Crippen LogP contribution in [0.25, 0.3) is 10.2 Å². The van der Waals surface area contributed by atoms with Gasteiger partial charge in [-0.2, -0.15) is 0 Å². The summed E-state index contributed by atoms with van der Waals surface area (Å²) < 4.78 is 2.28. The topological polar surface area (TPSA) is 38.9 Å². The van der Waals surface area contributed by atoms with E-state index in [9.17, 15) is 0 Å². The van der Waals surface area contributed by atoms with Gasteiger partial charge in [-0.05, 0) is 36.8 Å². The molecule has 3 rings (SSSR count). The number of aromatic nitrogens is 1. The monoisotopic (exact) mass is 272 g/mol. The van der Waals surface area contributed by atoms with Crippen LogP contribution in [0, 0.1) is 6.92 Å². The molecule has 0 atom stereocenters. The fourth-order valence-electron chi connectivity index (χ4n) is 1.68. The number of anilines is 1. The van der Waals surface area contributed by atoms with Crippen LogP contribution >= 0.6 is 23.1 Å². The van der Waals surface area contributed by atoms with Crippen molar-refractivity contribution in [1.29, 1.82) is 0 Å². The Labute approximate surface area is 114 Å². The molecule has 1 heterocycles. The number of fused-ring (bicyclic) bond motifs is 1. The third-order valence-electron chi connectivity index (χ3n) is 2.73. The molecule has 2 N–H and O–H groups in total. The Bertz CT molecular complexity index is 671. The van der Waals surface area contributed by atoms with Crippen LogP contribution in [0.3, 0.4) is 0 Å². The molecule has 0 unspecified atom stereocenters. The van der Waals surface area contributed by atoms with Crippen LogP contribution in [0.4, 0.5) is 5.69 Å². The van der Waals surface area contributed by atoms with E-state index in [1.807, 2.05) is 37.3 Å². The first kappa shape index (κ1) is 11.6. The molecule has 3 aromatic rings. The minimum Gasteiger partial charge on any atom is -0.398 e. The van der Waals surface area contributed by atoms with Gasteiger partial charge >= 0.3 is 0 Å². The zero-order valence-corrected chi connectivity index (χ0v) is 11.5. The number of rotatable bonds is 2. The molecule has 2 aromatic carbocycles. The van der Waals surface area contributed by atoms with Crippen LogP contribution < -0.4 is 5.73 Å². The molecule has 0 saturated heterocycles. The van der Waals surface area contributed by atoms with Gasteiger partial charge in [0.15, 0.2) is 4.34 Å². The van der Waals surface area contributed by atoms with Crippen LogP contribution in [0.5, 0.6) is 0 Å². The van der Waals surface area contributed by atoms with Gasteiger partial charge in [-0.15, -0.1) is 11.3 Å². The zero-order chi connectivity index (χ0) is 12.5. The molecule has 0 aliphatic rings. The zero-order valence-electron chi connectivity index (χ0n) is 9.88. The molecule has 18 heavy (non-hydrogen) atoms. The summed E-state index contributed by atoms with van der Waals surface area (Å²) in [6.45, 7) is 2.02. The second kappa shape index (κ2) is 4.63. The fraction of sp³-hybridized carbons (Fsp3) is 0.0714. The van der Waals surface area contributed by atoms with Crippen molar-refractivity contribution in [3.05, 3.63) is 48.0 Å². The number of thiazole rings is 1. The van der Waals surface area contributed by atoms with Gasteiger partial charge < -0.3 is 5.73 Å². The molecule has 0 spiro atoms. The lowest BCUT2D eigenvalue weighted by molar-refractivity contribution is 1.29. The Morgan fingerprint density at radius 3 is 2.78 bits per heavy atom. The largest absolute Gasteiger partial charge is 0.398 e. The van der Waals surface area contributed by atoms with E-state index in [1.54, 1.807) is 23.1 Å². The van der Waals surface area contributed by atoms with Crippen molar-refractivity contribution in [2.75, 3.05) is 5.73 Å². The summed E-state index contributed by atoms with van der Waals surface area (Å²) in [6, 6.07) is 14.3. The predicted molar refractivity (Wildman–Crippen MR) is 79.3 cm³/mol. The van der Waals surface area contributed by atoms with Crippen LogP contribution in [-0.2, 0) is 0 Å². The first-order chi connectivity index (χ1) is 8.72. The van der Waals surface area contributed by atoms with Crippen LogP contribution in [-0.4, -0.2) is 4.98 Å². The van der Waals surface area contributed by atoms with Crippen molar-refractivity contribution < 1.29 is 0 Å². The summed E-state index contributed by atoms with van der Waals surface area (Å²) in [5.74, 6) is 0. The highest BCUT2D eigenvalue weighted by Gasteiger charge is 2.05. The van der Waals surface area contributed by atoms with Gasteiger partial charge in [0.25, 0.3) is 0 Å². The predicted octanol–water partition coefficient (Wildman–Crippen LogP) is 4.34. The highest BCUT2D eigenvalue weighted by molar-refractivity contribution is 8.01. The first-order valence-electron chi connectivity index (χ1n) is 5.62. The average Bonchev–Trinajstić information content (AvgIpc) is 2.76. The molecule has 90 valence electrons. The molecule has 0 bridgehead atoms. The maximum atomic E-state index is 5.92. The van der Waals surface area contributed by atoms with Gasteiger partial charge in [-0.1, -0.05) is 30.0 Å². The number of nitrogens with two attached hydrogens (primary N) is 1. The van der Waals surface area contributed by atoms with Crippen LogP contribution in [0.1, 0.15) is 5.56 Å². The molecule has 2 nitrogen and oxygen atoms in total. The van der Waals surface area contributed by atoms with Crippen molar-refractivity contribution in [3.63, 3.8) is 0 Å². The van der Waals surface area contributed by atoms with Gasteiger partial charge in [-0.25, -0.2) is 4.98 Å². The standard InChI is InChI=1S/C14H12N2S2/c1-9-6-7-10(8-11(9)15)17-14-16-12-4-2-3-5-13(12)18-14/h2-8H,15H2,1H3. The second-order valence-corrected chi connectivity index (χ2v) is 6.42. The Balaban J connectivity index is 1.93. The lowest BCUT2D eigenvalue weighted by Crippen LogP contribution is -1.88. The third kappa shape index (κ3) is 2.21. The normalized spacial score (nSPS) is 10.9. The van der Waals surface area contributed by atoms with Gasteiger partial charge in [0.2, 0.25) is 0 Å². The van der Waals surface area contributed by atoms with Gasteiger partial charge in [0.05, 0.1) is 10.2 Å². The van der Waals surface area contributed by atoms with E-state index in [0.29, 0.717) is 0 Å². The number of benzene rings is 2. The van der Waals surface area contributed by atoms with E-state index in [0.717, 1.165) is 26.0 Å². The molecule has 4 heteroatoms. The van der Waals surface area contributed by atoms with E-state index in [-0.39, 0.29) is 0 Å². The van der Waals surface area contributed by atoms with Crippen LogP contribution in [0.2, 0.25) is 0 Å². The average molecular weight is 272 g/mol. The smallest absolute Gasteiger partial charge is 0.155 e. The van der Waals surface area contributed by atoms with Crippen molar-refractivity contribution in [3.8, 4) is 0 Å². The number of aryl methyl sites for hydroxylation is 1. The quantitative estimate of drug-likeness (QED) is 0.705. The van der Waals surface area contributed by atoms with E-state index in [2.05, 4.69) is 17.1 Å². The van der Waals surface area contributed by atoms with E-state index in [1.165, 1.54) is 4.70 Å². The summed E-state index contributed by atoms with van der Waals surface area (Å²) in [6.07, 6.45) is 0. The minimum atomic E-state index is 0.834. The SMILES string of the molecule is Cc1ccc(Sc2nc3ccccc3s2)cc1N. The van der Waals surface area contributed by atoms with Gasteiger partial charge in [0, 0.05) is 10.6 Å². The lowest BCUT2D eigenvalue weighted by Gasteiger charge is -2.02. The molecule has 0 aliphatic heterocycles. The number of nitrogen functional groups attached to an aromatic ring is 1. The molecule has 0 fully saturated rings. The second-order valence-electron chi connectivity index (χ2n) is 4.07. The van der Waals surface area contributed by atoms with E-state index < -0.39 is 0 Å². The Hall–Kier alpha value is -1.52. The Kier molecular flexibility index (Phi) is 2.97. The van der Waals surface area contributed by atoms with Crippen molar-refractivity contribution in [1.82, 2.24) is 4.98 Å². The molecule has 0 radical (unpaired) electrons. The first-order valence-corrected chi connectivity index (χ1v) is 7.25. The Morgan fingerprint density at radius 2 is 2.00 bits per heavy atom. The summed E-state index contributed by atoms with van der Waals surface area (Å²) >= 11 is 3.38. The fourth-order valence-corrected chi connectivity index (χ4v) is 3.77. The molecular formula is C14H12N2S2. The number of hydrogen-bond acceptors (Lipinski definition) is 4. The number of nitrogens with zero attached hydrogens (tertiary/aromatic N) is 1. The summed E-state index contributed by atoms with van der Waals surface area (Å²) in [4.78, 5) is 5.74. The van der Waals surface area contributed by atoms with Crippen molar-refractivity contribution in [2.24, 2.45) is 0 Å². The summed E-state index contributed by atoms with van der Waals surface area (Å²) in [7, 11) is 0. The molecular weight excluding hydrogens is 260 g/mol. The van der Waals surface area contributed by atoms with E-state index in [4.69, 9.17) is 5.73 Å². The van der Waals surface area contributed by atoms with E-state index >= 15 is 0 Å². The number of para-hydroxylation sites is 1. The minimum absolute atomic E-state index is 0.834. The third-order valence-corrected chi connectivity index (χ3v) is 4.82. The summed E-state index contributed by atoms with van der Waals surface area (Å²) in [5, 5.41) is 0. The molecule has 1 aromatic heterocycles. The van der Waals surface area contributed by atoms with Gasteiger partial charge in [-0.3, -0.25) is 0 Å². The molecule has 0 saturated carbocycles. The highest BCUT2D eigenvalue weighted by Crippen LogP contribution is 2.35. The highest BCUT2D eigenvalue weighted by atomic mass is 32.2. The van der Waals surface area contributed by atoms with Crippen LogP contribution in [0.15, 0.2) is 51.7 Å². The lowest BCUT2D eigenvalue weighted by atomic mass is 10.2. The maximum absolute atomic E-state index is 5.92. The van der Waals surface area contributed by atoms with Gasteiger partial charge in [0.1, 0.15) is 0 Å². The summed E-state index contributed by atoms with van der Waals surface area (Å²) in [5.41, 5.74) is 8.93. The Morgan fingerprint density at radius 1 is 1.17 bits per heavy atom. The molecule has 0 aliphatic carbocycles.